The van der Waals surface area contributed by atoms with E-state index >= 15 is 0 Å². The third kappa shape index (κ3) is 3.54. The number of nitrogens with zero attached hydrogens (tertiary/aromatic N) is 3. The smallest absolute Gasteiger partial charge is 0.237 e. The van der Waals surface area contributed by atoms with Crippen molar-refractivity contribution in [3.8, 4) is 0 Å². The molecule has 0 fully saturated rings. The van der Waals surface area contributed by atoms with Gasteiger partial charge in [0, 0.05) is 11.4 Å². The van der Waals surface area contributed by atoms with Crippen LogP contribution in [-0.2, 0) is 17.6 Å². The van der Waals surface area contributed by atoms with Crippen LogP contribution in [0.2, 0.25) is 0 Å². The second-order valence-corrected chi connectivity index (χ2v) is 9.06. The first-order valence-electron chi connectivity index (χ1n) is 10.2. The zero-order chi connectivity index (χ0) is 20.7. The van der Waals surface area contributed by atoms with Crippen molar-refractivity contribution in [3.05, 3.63) is 53.5 Å². The van der Waals surface area contributed by atoms with Crippen LogP contribution in [0.25, 0.3) is 22.2 Å². The van der Waals surface area contributed by atoms with E-state index in [2.05, 4.69) is 21.4 Å². The number of aromatic nitrogens is 3. The third-order valence-electron chi connectivity index (χ3n) is 5.43. The Morgan fingerprint density at radius 2 is 2.07 bits per heavy atom. The number of nitrogens with one attached hydrogen (secondary N) is 1. The van der Waals surface area contributed by atoms with E-state index in [1.54, 1.807) is 0 Å². The van der Waals surface area contributed by atoms with Crippen molar-refractivity contribution in [1.82, 2.24) is 15.0 Å². The minimum Gasteiger partial charge on any atom is -0.433 e. The summed E-state index contributed by atoms with van der Waals surface area (Å²) in [7, 11) is 0. The molecule has 1 unspecified atom stereocenters. The molecule has 7 heteroatoms. The van der Waals surface area contributed by atoms with E-state index in [1.807, 2.05) is 38.1 Å². The van der Waals surface area contributed by atoms with Gasteiger partial charge in [-0.05, 0) is 68.9 Å². The Morgan fingerprint density at radius 1 is 1.20 bits per heavy atom. The maximum Gasteiger partial charge on any atom is 0.237 e. The fraction of sp³-hybridized carbons (Fsp3) is 0.304. The van der Waals surface area contributed by atoms with E-state index in [1.165, 1.54) is 36.5 Å². The Labute approximate surface area is 178 Å². The van der Waals surface area contributed by atoms with Crippen molar-refractivity contribution < 1.29 is 9.21 Å². The Balaban J connectivity index is 1.44. The lowest BCUT2D eigenvalue weighted by Gasteiger charge is -2.13. The molecule has 0 saturated carbocycles. The van der Waals surface area contributed by atoms with Crippen LogP contribution in [-0.4, -0.2) is 26.1 Å². The summed E-state index contributed by atoms with van der Waals surface area (Å²) >= 11 is 1.37. The predicted octanol–water partition coefficient (Wildman–Crippen LogP) is 5.08. The molecule has 1 amide bonds. The van der Waals surface area contributed by atoms with E-state index in [-0.39, 0.29) is 11.2 Å². The van der Waals surface area contributed by atoms with E-state index in [0.717, 1.165) is 40.7 Å². The summed E-state index contributed by atoms with van der Waals surface area (Å²) in [5.41, 5.74) is 6.26. The van der Waals surface area contributed by atoms with E-state index in [9.17, 15) is 4.79 Å². The molecule has 6 nitrogen and oxygen atoms in total. The SMILES string of the molecule is Cc1cccc(NC(=O)C(C)Sc2ncnc3c2oc2nc4c(cc23)CCCC4)c1. The molecule has 3 aromatic heterocycles. The monoisotopic (exact) mass is 418 g/mol. The largest absolute Gasteiger partial charge is 0.433 e. The number of carbonyl (C=O) groups excluding carboxylic acids is 1. The fourth-order valence-electron chi connectivity index (χ4n) is 3.87. The summed E-state index contributed by atoms with van der Waals surface area (Å²) in [4.78, 5) is 26.3. The highest BCUT2D eigenvalue weighted by Gasteiger charge is 2.22. The molecule has 0 saturated heterocycles. The van der Waals surface area contributed by atoms with Gasteiger partial charge in [-0.25, -0.2) is 15.0 Å². The maximum absolute atomic E-state index is 12.7. The highest BCUT2D eigenvalue weighted by molar-refractivity contribution is 8.00. The standard InChI is InChI=1S/C23H22N4O2S/c1-13-6-5-8-16(10-13)26-21(28)14(2)30-23-20-19(24-12-25-23)17-11-15-7-3-4-9-18(15)27-22(17)29-20/h5-6,8,10-12,14H,3-4,7,9H2,1-2H3,(H,26,28). The summed E-state index contributed by atoms with van der Waals surface area (Å²) < 4.78 is 6.08. The van der Waals surface area contributed by atoms with Crippen molar-refractivity contribution >= 4 is 45.6 Å². The minimum absolute atomic E-state index is 0.0814. The first-order chi connectivity index (χ1) is 14.6. The number of pyridine rings is 1. The first-order valence-corrected chi connectivity index (χ1v) is 11.1. The fourth-order valence-corrected chi connectivity index (χ4v) is 4.73. The van der Waals surface area contributed by atoms with E-state index in [4.69, 9.17) is 9.40 Å². The average Bonchev–Trinajstić information content (AvgIpc) is 3.10. The van der Waals surface area contributed by atoms with Crippen LogP contribution in [0.4, 0.5) is 5.69 Å². The Hall–Kier alpha value is -2.93. The van der Waals surface area contributed by atoms with Crippen molar-refractivity contribution in [1.29, 1.82) is 0 Å². The molecule has 5 rings (SSSR count). The van der Waals surface area contributed by atoms with Gasteiger partial charge in [0.2, 0.25) is 11.6 Å². The van der Waals surface area contributed by atoms with Crippen LogP contribution in [0.15, 0.2) is 46.1 Å². The zero-order valence-corrected chi connectivity index (χ0v) is 17.8. The number of benzene rings is 1. The number of furan rings is 1. The van der Waals surface area contributed by atoms with E-state index in [0.29, 0.717) is 16.3 Å². The molecule has 1 aromatic carbocycles. The molecule has 1 N–H and O–H groups in total. The van der Waals surface area contributed by atoms with Gasteiger partial charge >= 0.3 is 0 Å². The summed E-state index contributed by atoms with van der Waals surface area (Å²) in [6.45, 7) is 3.86. The van der Waals surface area contributed by atoms with Crippen molar-refractivity contribution in [2.75, 3.05) is 5.32 Å². The molecule has 4 aromatic rings. The van der Waals surface area contributed by atoms with Crippen LogP contribution in [0.5, 0.6) is 0 Å². The number of anilines is 1. The highest BCUT2D eigenvalue weighted by Crippen LogP contribution is 2.35. The van der Waals surface area contributed by atoms with Crippen LogP contribution >= 0.6 is 11.8 Å². The number of thioether (sulfide) groups is 1. The van der Waals surface area contributed by atoms with Gasteiger partial charge in [0.05, 0.1) is 10.6 Å². The summed E-state index contributed by atoms with van der Waals surface area (Å²) in [5.74, 6) is -0.0814. The average molecular weight is 419 g/mol. The maximum atomic E-state index is 12.7. The number of amides is 1. The van der Waals surface area contributed by atoms with Crippen molar-refractivity contribution in [3.63, 3.8) is 0 Å². The second-order valence-electron chi connectivity index (χ2n) is 7.73. The molecule has 0 radical (unpaired) electrons. The van der Waals surface area contributed by atoms with Gasteiger partial charge in [-0.15, -0.1) is 0 Å². The van der Waals surface area contributed by atoms with Crippen LogP contribution in [0.3, 0.4) is 0 Å². The number of rotatable bonds is 4. The minimum atomic E-state index is -0.349. The molecule has 30 heavy (non-hydrogen) atoms. The van der Waals surface area contributed by atoms with Crippen molar-refractivity contribution in [2.24, 2.45) is 0 Å². The molecular formula is C23H22N4O2S. The number of hydrogen-bond donors (Lipinski definition) is 1. The second kappa shape index (κ2) is 7.72. The molecule has 152 valence electrons. The lowest BCUT2D eigenvalue weighted by atomic mass is 9.95. The molecule has 1 aliphatic carbocycles. The number of hydrogen-bond acceptors (Lipinski definition) is 6. The van der Waals surface area contributed by atoms with Gasteiger partial charge < -0.3 is 9.73 Å². The van der Waals surface area contributed by atoms with Crippen LogP contribution < -0.4 is 5.32 Å². The first kappa shape index (κ1) is 19.1. The highest BCUT2D eigenvalue weighted by atomic mass is 32.2. The molecule has 0 spiro atoms. The van der Waals surface area contributed by atoms with Gasteiger partial charge in [-0.1, -0.05) is 23.9 Å². The van der Waals surface area contributed by atoms with Gasteiger partial charge in [-0.3, -0.25) is 4.79 Å². The summed E-state index contributed by atoms with van der Waals surface area (Å²) in [6.07, 6.45) is 5.93. The summed E-state index contributed by atoms with van der Waals surface area (Å²) in [6, 6.07) is 9.93. The number of fused-ring (bicyclic) bond motifs is 4. The van der Waals surface area contributed by atoms with Crippen LogP contribution in [0, 0.1) is 6.92 Å². The molecular weight excluding hydrogens is 396 g/mol. The lowest BCUT2D eigenvalue weighted by molar-refractivity contribution is -0.115. The van der Waals surface area contributed by atoms with Gasteiger partial charge in [-0.2, -0.15) is 0 Å². The quantitative estimate of drug-likeness (QED) is 0.368. The normalized spacial score (nSPS) is 14.6. The lowest BCUT2D eigenvalue weighted by Crippen LogP contribution is -2.22. The van der Waals surface area contributed by atoms with Gasteiger partial charge in [0.15, 0.2) is 5.58 Å². The topological polar surface area (TPSA) is 80.9 Å². The molecule has 0 bridgehead atoms. The third-order valence-corrected chi connectivity index (χ3v) is 6.52. The Morgan fingerprint density at radius 3 is 2.93 bits per heavy atom. The Kier molecular flexibility index (Phi) is 4.90. The molecule has 0 aliphatic heterocycles. The number of aryl methyl sites for hydroxylation is 3. The van der Waals surface area contributed by atoms with Gasteiger partial charge in [0.25, 0.3) is 0 Å². The van der Waals surface area contributed by atoms with Gasteiger partial charge in [0.1, 0.15) is 16.9 Å². The van der Waals surface area contributed by atoms with E-state index < -0.39 is 0 Å². The molecule has 1 aliphatic rings. The predicted molar refractivity (Wildman–Crippen MR) is 119 cm³/mol. The number of carbonyl (C=O) groups is 1. The zero-order valence-electron chi connectivity index (χ0n) is 16.9. The molecule has 1 atom stereocenters. The molecule has 3 heterocycles. The summed E-state index contributed by atoms with van der Waals surface area (Å²) in [5, 5.41) is 4.20. The van der Waals surface area contributed by atoms with Crippen LogP contribution in [0.1, 0.15) is 36.6 Å². The Bertz CT molecular complexity index is 1270. The van der Waals surface area contributed by atoms with Crippen molar-refractivity contribution in [2.45, 2.75) is 49.8 Å².